The minimum absolute atomic E-state index is 0.0464. The Morgan fingerprint density at radius 2 is 1.86 bits per heavy atom. The zero-order valence-electron chi connectivity index (χ0n) is 22.6. The molecule has 1 amide bonds. The van der Waals surface area contributed by atoms with E-state index in [-0.39, 0.29) is 57.6 Å². The lowest BCUT2D eigenvalue weighted by atomic mass is 9.93. The zero-order chi connectivity index (χ0) is 31.4. The third-order valence-electron chi connectivity index (χ3n) is 7.14. The van der Waals surface area contributed by atoms with Crippen LogP contribution in [0, 0.1) is 0 Å². The molecule has 4 aromatic rings. The summed E-state index contributed by atoms with van der Waals surface area (Å²) in [4.78, 5) is 29.5. The van der Waals surface area contributed by atoms with E-state index in [1.165, 1.54) is 72.7 Å². The summed E-state index contributed by atoms with van der Waals surface area (Å²) in [5.74, 6) is -2.14. The van der Waals surface area contributed by atoms with E-state index < -0.39 is 36.1 Å². The SMILES string of the molecule is CN(C(=O)c1cccc(-n2nc(C(F)(F)F)c3c2C(Oc2ccc(C(=O)O)nc2)CCC3)c1)c1ccc2c(c1)OC(F)(F)O2. The van der Waals surface area contributed by atoms with Gasteiger partial charge in [0.15, 0.2) is 17.2 Å². The molecule has 1 aliphatic heterocycles. The van der Waals surface area contributed by atoms with Crippen molar-refractivity contribution in [2.75, 3.05) is 11.9 Å². The second-order valence-corrected chi connectivity index (χ2v) is 10.0. The van der Waals surface area contributed by atoms with Crippen LogP contribution in [0.15, 0.2) is 60.8 Å². The summed E-state index contributed by atoms with van der Waals surface area (Å²) in [5.41, 5.74) is -0.784. The van der Waals surface area contributed by atoms with Gasteiger partial charge in [0, 0.05) is 29.9 Å². The van der Waals surface area contributed by atoms with Gasteiger partial charge >= 0.3 is 18.4 Å². The van der Waals surface area contributed by atoms with Crippen LogP contribution in [0.4, 0.5) is 27.6 Å². The van der Waals surface area contributed by atoms with Gasteiger partial charge in [-0.3, -0.25) is 4.79 Å². The van der Waals surface area contributed by atoms with Crippen LogP contribution in [0.1, 0.15) is 56.7 Å². The van der Waals surface area contributed by atoms with E-state index in [9.17, 15) is 31.5 Å². The number of carbonyl (C=O) groups is 2. The summed E-state index contributed by atoms with van der Waals surface area (Å²) in [5, 5.41) is 13.0. The van der Waals surface area contributed by atoms with Crippen molar-refractivity contribution in [1.29, 1.82) is 0 Å². The predicted octanol–water partition coefficient (Wildman–Crippen LogP) is 6.04. The Balaban J connectivity index is 1.34. The van der Waals surface area contributed by atoms with Crippen molar-refractivity contribution in [3.8, 4) is 22.9 Å². The first-order valence-corrected chi connectivity index (χ1v) is 13.1. The van der Waals surface area contributed by atoms with Crippen LogP contribution in [0.25, 0.3) is 5.69 Å². The van der Waals surface area contributed by atoms with E-state index >= 15 is 0 Å². The number of hydrogen-bond acceptors (Lipinski definition) is 7. The molecule has 1 atom stereocenters. The van der Waals surface area contributed by atoms with E-state index in [0.717, 1.165) is 4.68 Å². The van der Waals surface area contributed by atoms with Crippen molar-refractivity contribution in [3.63, 3.8) is 0 Å². The maximum absolute atomic E-state index is 14.1. The number of anilines is 1. The molecule has 44 heavy (non-hydrogen) atoms. The Labute approximate surface area is 245 Å². The van der Waals surface area contributed by atoms with E-state index in [1.54, 1.807) is 0 Å². The smallest absolute Gasteiger partial charge is 0.482 e. The van der Waals surface area contributed by atoms with Crippen molar-refractivity contribution >= 4 is 17.6 Å². The van der Waals surface area contributed by atoms with Gasteiger partial charge in [-0.05, 0) is 61.7 Å². The first kappa shape index (κ1) is 28.9. The van der Waals surface area contributed by atoms with Gasteiger partial charge in [0.1, 0.15) is 17.5 Å². The number of carboxylic acids is 1. The molecule has 0 saturated carbocycles. The number of alkyl halides is 5. The van der Waals surface area contributed by atoms with Crippen LogP contribution >= 0.6 is 0 Å². The molecule has 0 bridgehead atoms. The van der Waals surface area contributed by atoms with Crippen molar-refractivity contribution in [1.82, 2.24) is 14.8 Å². The molecular formula is C29H21F5N4O6. The average Bonchev–Trinajstić information content (AvgIpc) is 3.53. The predicted molar refractivity (Wildman–Crippen MR) is 141 cm³/mol. The van der Waals surface area contributed by atoms with E-state index in [4.69, 9.17) is 9.84 Å². The third kappa shape index (κ3) is 5.36. The van der Waals surface area contributed by atoms with Gasteiger partial charge in [-0.1, -0.05) is 6.07 Å². The molecule has 2 aromatic heterocycles. The average molecular weight is 616 g/mol. The monoisotopic (exact) mass is 616 g/mol. The van der Waals surface area contributed by atoms with E-state index in [0.29, 0.717) is 12.8 Å². The second kappa shape index (κ2) is 10.5. The summed E-state index contributed by atoms with van der Waals surface area (Å²) in [6.07, 6.45) is -7.53. The molecule has 0 radical (unpaired) electrons. The molecule has 1 unspecified atom stereocenters. The molecule has 15 heteroatoms. The normalized spacial score (nSPS) is 16.7. The Morgan fingerprint density at radius 1 is 1.09 bits per heavy atom. The van der Waals surface area contributed by atoms with Gasteiger partial charge in [-0.25, -0.2) is 14.5 Å². The van der Waals surface area contributed by atoms with Gasteiger partial charge in [0.2, 0.25) is 0 Å². The number of pyridine rings is 1. The van der Waals surface area contributed by atoms with Crippen molar-refractivity contribution < 1.29 is 50.9 Å². The Kier molecular flexibility index (Phi) is 6.89. The summed E-state index contributed by atoms with van der Waals surface area (Å²) in [6.45, 7) is 0. The molecule has 2 aliphatic rings. The van der Waals surface area contributed by atoms with Crippen molar-refractivity contribution in [2.45, 2.75) is 37.8 Å². The summed E-state index contributed by atoms with van der Waals surface area (Å²) in [7, 11) is 1.40. The Bertz CT molecular complexity index is 1770. The van der Waals surface area contributed by atoms with Crippen LogP contribution in [-0.2, 0) is 12.6 Å². The van der Waals surface area contributed by atoms with Crippen LogP contribution < -0.4 is 19.1 Å². The number of ether oxygens (including phenoxy) is 3. The van der Waals surface area contributed by atoms with Gasteiger partial charge in [0.25, 0.3) is 5.91 Å². The number of amides is 1. The molecule has 1 N–H and O–H groups in total. The molecule has 0 spiro atoms. The molecular weight excluding hydrogens is 595 g/mol. The highest BCUT2D eigenvalue weighted by atomic mass is 19.4. The van der Waals surface area contributed by atoms with Gasteiger partial charge < -0.3 is 24.2 Å². The molecule has 1 aliphatic carbocycles. The number of carbonyl (C=O) groups excluding carboxylic acids is 1. The highest BCUT2D eigenvalue weighted by Crippen LogP contribution is 2.44. The van der Waals surface area contributed by atoms with Crippen LogP contribution in [-0.4, -0.2) is 45.1 Å². The molecule has 0 saturated heterocycles. The number of halogens is 5. The molecule has 2 aromatic carbocycles. The first-order chi connectivity index (χ1) is 20.8. The molecule has 228 valence electrons. The fourth-order valence-electron chi connectivity index (χ4n) is 5.15. The van der Waals surface area contributed by atoms with Gasteiger partial charge in [0.05, 0.1) is 17.6 Å². The third-order valence-corrected chi connectivity index (χ3v) is 7.14. The lowest BCUT2D eigenvalue weighted by Crippen LogP contribution is -2.26. The van der Waals surface area contributed by atoms with Crippen molar-refractivity contribution in [2.24, 2.45) is 0 Å². The zero-order valence-corrected chi connectivity index (χ0v) is 22.6. The van der Waals surface area contributed by atoms with Gasteiger partial charge in [-0.15, -0.1) is 8.78 Å². The lowest BCUT2D eigenvalue weighted by Gasteiger charge is -2.26. The number of nitrogens with zero attached hydrogens (tertiary/aromatic N) is 4. The van der Waals surface area contributed by atoms with Crippen molar-refractivity contribution in [3.05, 3.63) is 89.0 Å². The summed E-state index contributed by atoms with van der Waals surface area (Å²) >= 11 is 0. The highest BCUT2D eigenvalue weighted by molar-refractivity contribution is 6.06. The number of carboxylic acid groups (broad SMARTS) is 1. The maximum atomic E-state index is 14.1. The Morgan fingerprint density at radius 3 is 2.57 bits per heavy atom. The summed E-state index contributed by atoms with van der Waals surface area (Å²) < 4.78 is 85.2. The number of fused-ring (bicyclic) bond motifs is 2. The molecule has 6 rings (SSSR count). The second-order valence-electron chi connectivity index (χ2n) is 10.0. The topological polar surface area (TPSA) is 116 Å². The molecule has 10 nitrogen and oxygen atoms in total. The fourth-order valence-corrected chi connectivity index (χ4v) is 5.15. The fraction of sp³-hybridized carbons (Fsp3) is 0.241. The largest absolute Gasteiger partial charge is 0.586 e. The number of aromatic carboxylic acids is 1. The minimum atomic E-state index is -4.77. The lowest BCUT2D eigenvalue weighted by molar-refractivity contribution is -0.286. The highest BCUT2D eigenvalue weighted by Gasteiger charge is 2.44. The summed E-state index contributed by atoms with van der Waals surface area (Å²) in [6, 6.07) is 12.2. The Hall–Kier alpha value is -5.21. The van der Waals surface area contributed by atoms with E-state index in [2.05, 4.69) is 19.6 Å². The standard InChI is InChI=1S/C29H21F5N4O6/c1-37(16-8-11-21-23(13-16)44-29(33,34)43-21)26(39)15-4-2-5-17(12-15)38-24-19(25(36-38)28(30,31)32)6-3-7-22(24)42-18-9-10-20(27(40)41)35-14-18/h2,4-5,8-14,22H,3,6-7H2,1H3,(H,40,41). The van der Waals surface area contributed by atoms with E-state index in [1.807, 2.05) is 0 Å². The number of rotatable bonds is 6. The van der Waals surface area contributed by atoms with Gasteiger partial charge in [-0.2, -0.15) is 18.3 Å². The number of aromatic nitrogens is 3. The quantitative estimate of drug-likeness (QED) is 0.261. The molecule has 3 heterocycles. The van der Waals surface area contributed by atoms with Crippen LogP contribution in [0.3, 0.4) is 0 Å². The van der Waals surface area contributed by atoms with Crippen LogP contribution in [0.5, 0.6) is 17.2 Å². The van der Waals surface area contributed by atoms with Crippen LogP contribution in [0.2, 0.25) is 0 Å². The minimum Gasteiger partial charge on any atom is -0.482 e. The molecule has 0 fully saturated rings. The first-order valence-electron chi connectivity index (χ1n) is 13.1. The maximum Gasteiger partial charge on any atom is 0.586 e. The number of benzene rings is 2. The number of hydrogen-bond donors (Lipinski definition) is 1.